The van der Waals surface area contributed by atoms with Crippen molar-refractivity contribution in [2.75, 3.05) is 0 Å². The van der Waals surface area contributed by atoms with Gasteiger partial charge in [-0.15, -0.1) is 0 Å². The molecule has 0 saturated carbocycles. The highest BCUT2D eigenvalue weighted by molar-refractivity contribution is 6.11. The van der Waals surface area contributed by atoms with Gasteiger partial charge in [-0.2, -0.15) is 5.26 Å². The van der Waals surface area contributed by atoms with E-state index in [2.05, 4.69) is 110 Å². The van der Waals surface area contributed by atoms with Crippen LogP contribution in [0.25, 0.3) is 86.9 Å². The third kappa shape index (κ3) is 4.38. The molecule has 5 heteroatoms. The van der Waals surface area contributed by atoms with E-state index in [0.29, 0.717) is 16.9 Å². The average molecular weight is 636 g/mol. The van der Waals surface area contributed by atoms with Crippen LogP contribution in [-0.2, 0) is 0 Å². The number of hydrogen-bond acceptors (Lipinski definition) is 1. The molecule has 0 fully saturated rings. The Hall–Kier alpha value is -7.39. The maximum absolute atomic E-state index is 10.1. The number of fused-ring (bicyclic) bond motifs is 6. The van der Waals surface area contributed by atoms with E-state index in [0.717, 1.165) is 66.5 Å². The summed E-state index contributed by atoms with van der Waals surface area (Å²) in [6.45, 7) is 15.6. The molecule has 2 aromatic heterocycles. The minimum absolute atomic E-state index is 0.513. The van der Waals surface area contributed by atoms with Crippen molar-refractivity contribution in [1.82, 2.24) is 9.13 Å². The SMILES string of the molecule is [C-]#[N+]c1ccc(-c2cccc(-n3c4ccccc4c4ccccc43)c2)c(-c2cc(C#N)ccc2-n2c3ccccc3c3cc([N+]#[C-])ccc32)c1. The lowest BCUT2D eigenvalue weighted by Crippen LogP contribution is -1.99. The van der Waals surface area contributed by atoms with E-state index in [1.165, 1.54) is 10.8 Å². The van der Waals surface area contributed by atoms with Crippen LogP contribution in [0, 0.1) is 24.5 Å². The van der Waals surface area contributed by atoms with Crippen LogP contribution in [0.2, 0.25) is 0 Å². The second-order valence-electron chi connectivity index (χ2n) is 12.3. The second kappa shape index (κ2) is 11.4. The highest BCUT2D eigenvalue weighted by Gasteiger charge is 2.20. The quantitative estimate of drug-likeness (QED) is 0.177. The van der Waals surface area contributed by atoms with E-state index in [-0.39, 0.29) is 0 Å². The smallest absolute Gasteiger partial charge is 0.188 e. The number of hydrogen-bond donors (Lipinski definition) is 0. The Bertz CT molecular complexity index is 2920. The number of para-hydroxylation sites is 3. The zero-order valence-electron chi connectivity index (χ0n) is 26.7. The fraction of sp³-hybridized carbons (Fsp3) is 0. The first-order valence-corrected chi connectivity index (χ1v) is 16.2. The number of rotatable bonds is 4. The highest BCUT2D eigenvalue weighted by atomic mass is 15.0. The lowest BCUT2D eigenvalue weighted by molar-refractivity contribution is 1.18. The number of benzene rings is 7. The van der Waals surface area contributed by atoms with Gasteiger partial charge in [-0.25, -0.2) is 9.69 Å². The lowest BCUT2D eigenvalue weighted by Gasteiger charge is -2.18. The van der Waals surface area contributed by atoms with Crippen molar-refractivity contribution in [2.45, 2.75) is 0 Å². The van der Waals surface area contributed by atoms with Gasteiger partial charge in [0.1, 0.15) is 0 Å². The largest absolute Gasteiger partial charge is 0.309 e. The summed E-state index contributed by atoms with van der Waals surface area (Å²) in [5, 5.41) is 14.5. The van der Waals surface area contributed by atoms with Crippen LogP contribution >= 0.6 is 0 Å². The van der Waals surface area contributed by atoms with Crippen molar-refractivity contribution in [2.24, 2.45) is 0 Å². The molecule has 9 aromatic rings. The molecule has 0 saturated heterocycles. The van der Waals surface area contributed by atoms with Crippen LogP contribution in [0.4, 0.5) is 11.4 Å². The Morgan fingerprint density at radius 3 is 1.74 bits per heavy atom. The summed E-state index contributed by atoms with van der Waals surface area (Å²) in [7, 11) is 0. The van der Waals surface area contributed by atoms with Gasteiger partial charge in [0.25, 0.3) is 0 Å². The van der Waals surface area contributed by atoms with E-state index in [9.17, 15) is 5.26 Å². The molecule has 0 aliphatic heterocycles. The molecule has 5 nitrogen and oxygen atoms in total. The normalized spacial score (nSPS) is 11.1. The summed E-state index contributed by atoms with van der Waals surface area (Å²) < 4.78 is 4.51. The Labute approximate surface area is 288 Å². The topological polar surface area (TPSA) is 42.4 Å². The summed E-state index contributed by atoms with van der Waals surface area (Å²) >= 11 is 0. The molecule has 230 valence electrons. The molecular formula is C45H25N5. The van der Waals surface area contributed by atoms with Gasteiger partial charge >= 0.3 is 0 Å². The van der Waals surface area contributed by atoms with E-state index < -0.39 is 0 Å². The van der Waals surface area contributed by atoms with Gasteiger partial charge in [0, 0.05) is 27.4 Å². The van der Waals surface area contributed by atoms with Crippen LogP contribution in [0.3, 0.4) is 0 Å². The first-order chi connectivity index (χ1) is 24.7. The van der Waals surface area contributed by atoms with E-state index in [1.54, 1.807) is 0 Å². The monoisotopic (exact) mass is 635 g/mol. The summed E-state index contributed by atoms with van der Waals surface area (Å²) in [5.41, 5.74) is 11.4. The van der Waals surface area contributed by atoms with Crippen LogP contribution in [0.15, 0.2) is 152 Å². The van der Waals surface area contributed by atoms with Gasteiger partial charge in [-0.05, 0) is 88.8 Å². The third-order valence-corrected chi connectivity index (χ3v) is 9.57. The molecule has 0 atom stereocenters. The van der Waals surface area contributed by atoms with Crippen molar-refractivity contribution in [3.8, 4) is 39.7 Å². The molecule has 0 unspecified atom stereocenters. The molecule has 0 aliphatic carbocycles. The van der Waals surface area contributed by atoms with Crippen LogP contribution in [0.1, 0.15) is 5.56 Å². The van der Waals surface area contributed by atoms with Crippen molar-refractivity contribution < 1.29 is 0 Å². The number of nitrogens with zero attached hydrogens (tertiary/aromatic N) is 5. The van der Waals surface area contributed by atoms with Crippen molar-refractivity contribution in [3.05, 3.63) is 180 Å². The van der Waals surface area contributed by atoms with Crippen molar-refractivity contribution in [1.29, 1.82) is 5.26 Å². The molecule has 0 aliphatic rings. The molecule has 0 N–H and O–H groups in total. The molecule has 50 heavy (non-hydrogen) atoms. The summed E-state index contributed by atoms with van der Waals surface area (Å²) in [6, 6.07) is 53.4. The summed E-state index contributed by atoms with van der Waals surface area (Å²) in [6.07, 6.45) is 0. The summed E-state index contributed by atoms with van der Waals surface area (Å²) in [5.74, 6) is 0. The molecule has 0 radical (unpaired) electrons. The molecule has 0 bridgehead atoms. The van der Waals surface area contributed by atoms with Gasteiger partial charge < -0.3 is 9.13 Å². The minimum atomic E-state index is 0.513. The lowest BCUT2D eigenvalue weighted by atomic mass is 9.91. The number of nitriles is 1. The number of aromatic nitrogens is 2. The Kier molecular flexibility index (Phi) is 6.56. The first kappa shape index (κ1) is 28.8. The van der Waals surface area contributed by atoms with Gasteiger partial charge in [0.2, 0.25) is 0 Å². The van der Waals surface area contributed by atoms with Crippen LogP contribution < -0.4 is 0 Å². The predicted molar refractivity (Wildman–Crippen MR) is 203 cm³/mol. The fourth-order valence-electron chi connectivity index (χ4n) is 7.40. The van der Waals surface area contributed by atoms with Gasteiger partial charge in [0.05, 0.1) is 52.5 Å². The van der Waals surface area contributed by atoms with Gasteiger partial charge in [-0.3, -0.25) is 0 Å². The highest BCUT2D eigenvalue weighted by Crippen LogP contribution is 2.43. The molecule has 0 spiro atoms. The Morgan fingerprint density at radius 2 is 1.06 bits per heavy atom. The fourth-order valence-corrected chi connectivity index (χ4v) is 7.40. The minimum Gasteiger partial charge on any atom is -0.309 e. The summed E-state index contributed by atoms with van der Waals surface area (Å²) in [4.78, 5) is 7.51. The van der Waals surface area contributed by atoms with Gasteiger partial charge in [0.15, 0.2) is 11.4 Å². The van der Waals surface area contributed by atoms with Crippen molar-refractivity contribution in [3.63, 3.8) is 0 Å². The van der Waals surface area contributed by atoms with E-state index in [4.69, 9.17) is 13.1 Å². The maximum atomic E-state index is 10.1. The van der Waals surface area contributed by atoms with E-state index >= 15 is 0 Å². The zero-order chi connectivity index (χ0) is 33.8. The Morgan fingerprint density at radius 1 is 0.460 bits per heavy atom. The second-order valence-corrected chi connectivity index (χ2v) is 12.3. The van der Waals surface area contributed by atoms with Crippen molar-refractivity contribution >= 4 is 55.0 Å². The third-order valence-electron chi connectivity index (χ3n) is 9.57. The standard InChI is InChI=1S/C45H25N5/c1-47-31-19-21-34(30-10-9-11-33(25-30)49-41-15-6-3-12-35(41)36-13-4-7-16-42(36)49)38(26-31)39-24-29(28-46)18-22-44(39)50-43-17-8-5-14-37(43)40-27-32(48-2)20-23-45(40)50/h3-27H. The van der Waals surface area contributed by atoms with Crippen LogP contribution in [-0.4, -0.2) is 9.13 Å². The average Bonchev–Trinajstić information content (AvgIpc) is 3.70. The first-order valence-electron chi connectivity index (χ1n) is 16.2. The maximum Gasteiger partial charge on any atom is 0.188 e. The molecular weight excluding hydrogens is 611 g/mol. The Balaban J connectivity index is 1.32. The predicted octanol–water partition coefficient (Wildman–Crippen LogP) is 12.2. The molecule has 7 aromatic carbocycles. The molecule has 9 rings (SSSR count). The van der Waals surface area contributed by atoms with Gasteiger partial charge in [-0.1, -0.05) is 84.9 Å². The zero-order valence-corrected chi connectivity index (χ0v) is 26.7. The molecule has 0 amide bonds. The van der Waals surface area contributed by atoms with E-state index in [1.807, 2.05) is 66.7 Å². The molecule has 2 heterocycles. The van der Waals surface area contributed by atoms with Crippen LogP contribution in [0.5, 0.6) is 0 Å².